The van der Waals surface area contributed by atoms with Crippen molar-refractivity contribution in [1.82, 2.24) is 5.32 Å². The van der Waals surface area contributed by atoms with Crippen LogP contribution >= 0.6 is 15.9 Å². The van der Waals surface area contributed by atoms with Crippen LogP contribution in [0, 0.1) is 5.92 Å². The lowest BCUT2D eigenvalue weighted by molar-refractivity contribution is -0.116. The molecule has 0 spiro atoms. The average Bonchev–Trinajstić information content (AvgIpc) is 2.70. The Morgan fingerprint density at radius 1 is 1.17 bits per heavy atom. The number of methoxy groups -OCH3 is 1. The predicted molar refractivity (Wildman–Crippen MR) is 122 cm³/mol. The van der Waals surface area contributed by atoms with E-state index in [1.54, 1.807) is 19.2 Å². The minimum absolute atomic E-state index is 0.0199. The number of hydrogen-bond acceptors (Lipinski definition) is 4. The molecule has 2 N–H and O–H groups in total. The molecule has 0 aromatic heterocycles. The van der Waals surface area contributed by atoms with Gasteiger partial charge in [-0.25, -0.2) is 0 Å². The lowest BCUT2D eigenvalue weighted by Crippen LogP contribution is -2.23. The molecule has 0 bridgehead atoms. The summed E-state index contributed by atoms with van der Waals surface area (Å²) < 4.78 is 11.7. The van der Waals surface area contributed by atoms with Crippen molar-refractivity contribution in [3.8, 4) is 11.5 Å². The van der Waals surface area contributed by atoms with Crippen molar-refractivity contribution < 1.29 is 19.1 Å². The lowest BCUT2D eigenvalue weighted by Gasteiger charge is -2.14. The van der Waals surface area contributed by atoms with E-state index in [2.05, 4.69) is 26.6 Å². The number of rotatable bonds is 10. The Labute approximate surface area is 186 Å². The Hall–Kier alpha value is -2.54. The minimum Gasteiger partial charge on any atom is -0.493 e. The first kappa shape index (κ1) is 23.7. The molecule has 6 nitrogen and oxygen atoms in total. The van der Waals surface area contributed by atoms with Gasteiger partial charge in [0.2, 0.25) is 5.91 Å². The van der Waals surface area contributed by atoms with E-state index in [0.717, 1.165) is 12.0 Å². The van der Waals surface area contributed by atoms with Crippen molar-refractivity contribution in [2.75, 3.05) is 19.0 Å². The van der Waals surface area contributed by atoms with Crippen LogP contribution in [0.15, 0.2) is 40.9 Å². The summed E-state index contributed by atoms with van der Waals surface area (Å²) in [6.45, 7) is 6.92. The summed E-state index contributed by atoms with van der Waals surface area (Å²) in [6, 6.07) is 10.8. The molecule has 7 heteroatoms. The van der Waals surface area contributed by atoms with Gasteiger partial charge in [-0.15, -0.1) is 0 Å². The van der Waals surface area contributed by atoms with Gasteiger partial charge in [-0.1, -0.05) is 32.9 Å². The molecule has 0 saturated heterocycles. The molecule has 0 radical (unpaired) electrons. The van der Waals surface area contributed by atoms with Crippen molar-refractivity contribution in [3.63, 3.8) is 0 Å². The Morgan fingerprint density at radius 3 is 2.60 bits per heavy atom. The fourth-order valence-corrected chi connectivity index (χ4v) is 3.38. The zero-order valence-electron chi connectivity index (χ0n) is 17.9. The van der Waals surface area contributed by atoms with Crippen molar-refractivity contribution >= 4 is 33.4 Å². The van der Waals surface area contributed by atoms with Gasteiger partial charge in [-0.2, -0.15) is 0 Å². The molecule has 0 saturated carbocycles. The maximum Gasteiger partial charge on any atom is 0.251 e. The van der Waals surface area contributed by atoms with Crippen LogP contribution in [-0.4, -0.2) is 25.5 Å². The van der Waals surface area contributed by atoms with E-state index in [1.807, 2.05) is 45.0 Å². The molecule has 2 aromatic carbocycles. The quantitative estimate of drug-likeness (QED) is 0.496. The third-order valence-corrected chi connectivity index (χ3v) is 4.79. The van der Waals surface area contributed by atoms with Crippen LogP contribution in [0.25, 0.3) is 0 Å². The highest BCUT2D eigenvalue weighted by Gasteiger charge is 2.15. The molecule has 2 amide bonds. The van der Waals surface area contributed by atoms with E-state index in [1.165, 1.54) is 0 Å². The van der Waals surface area contributed by atoms with Gasteiger partial charge < -0.3 is 20.1 Å². The first-order valence-electron chi connectivity index (χ1n) is 10.0. The normalized spacial score (nSPS) is 10.6. The van der Waals surface area contributed by atoms with Crippen LogP contribution in [0.2, 0.25) is 0 Å². The Balaban J connectivity index is 2.04. The van der Waals surface area contributed by atoms with E-state index in [-0.39, 0.29) is 11.8 Å². The maximum absolute atomic E-state index is 12.6. The highest BCUT2D eigenvalue weighted by atomic mass is 79.9. The average molecular weight is 477 g/mol. The highest BCUT2D eigenvalue weighted by Crippen LogP contribution is 2.36. The summed E-state index contributed by atoms with van der Waals surface area (Å²) in [5, 5.41) is 5.79. The zero-order chi connectivity index (χ0) is 22.1. The van der Waals surface area contributed by atoms with Gasteiger partial charge in [0, 0.05) is 24.2 Å². The molecule has 0 unspecified atom stereocenters. The van der Waals surface area contributed by atoms with Crippen molar-refractivity contribution in [2.24, 2.45) is 5.92 Å². The summed E-state index contributed by atoms with van der Waals surface area (Å²) in [5.41, 5.74) is 2.07. The first-order chi connectivity index (χ1) is 14.3. The van der Waals surface area contributed by atoms with Crippen LogP contribution < -0.4 is 20.1 Å². The fraction of sp³-hybridized carbons (Fsp3) is 0.391. The molecular formula is C23H29BrN2O4. The number of halogens is 1. The first-order valence-corrected chi connectivity index (χ1v) is 10.8. The molecule has 0 fully saturated rings. The number of amides is 2. The number of anilines is 1. The largest absolute Gasteiger partial charge is 0.493 e. The van der Waals surface area contributed by atoms with Gasteiger partial charge in [0.05, 0.1) is 18.2 Å². The van der Waals surface area contributed by atoms with Crippen molar-refractivity contribution in [2.45, 2.75) is 40.2 Å². The fourth-order valence-electron chi connectivity index (χ4n) is 2.82. The number of ether oxygens (including phenoxy) is 2. The molecule has 0 aliphatic heterocycles. The van der Waals surface area contributed by atoms with Crippen LogP contribution in [-0.2, 0) is 11.3 Å². The Kier molecular flexibility index (Phi) is 9.17. The summed E-state index contributed by atoms with van der Waals surface area (Å²) >= 11 is 3.46. The Morgan fingerprint density at radius 2 is 1.93 bits per heavy atom. The number of hydrogen-bond donors (Lipinski definition) is 2. The molecule has 0 aliphatic rings. The number of carbonyl (C=O) groups is 2. The molecule has 2 aromatic rings. The van der Waals surface area contributed by atoms with E-state index < -0.39 is 0 Å². The molecule has 0 atom stereocenters. The highest BCUT2D eigenvalue weighted by molar-refractivity contribution is 9.10. The van der Waals surface area contributed by atoms with Gasteiger partial charge in [-0.3, -0.25) is 9.59 Å². The second-order valence-electron chi connectivity index (χ2n) is 7.37. The molecular weight excluding hydrogens is 448 g/mol. The zero-order valence-corrected chi connectivity index (χ0v) is 19.5. The minimum atomic E-state index is -0.231. The monoisotopic (exact) mass is 476 g/mol. The SMILES string of the molecule is CCCOc1c(Br)cc(C(=O)NCc2cccc(NC(=O)CC(C)C)c2)cc1OC. The van der Waals surface area contributed by atoms with Gasteiger partial charge >= 0.3 is 0 Å². The van der Waals surface area contributed by atoms with Gasteiger partial charge in [-0.05, 0) is 58.1 Å². The van der Waals surface area contributed by atoms with Crippen LogP contribution in [0.5, 0.6) is 11.5 Å². The van der Waals surface area contributed by atoms with Gasteiger partial charge in [0.15, 0.2) is 11.5 Å². The summed E-state index contributed by atoms with van der Waals surface area (Å²) in [4.78, 5) is 24.6. The smallest absolute Gasteiger partial charge is 0.251 e. The summed E-state index contributed by atoms with van der Waals surface area (Å²) in [6.07, 6.45) is 1.34. The van der Waals surface area contributed by atoms with E-state index in [0.29, 0.717) is 52.7 Å². The number of carbonyl (C=O) groups excluding carboxylic acids is 2. The van der Waals surface area contributed by atoms with Crippen molar-refractivity contribution in [3.05, 3.63) is 52.0 Å². The lowest BCUT2D eigenvalue weighted by atomic mass is 10.1. The summed E-state index contributed by atoms with van der Waals surface area (Å²) in [5.74, 6) is 1.12. The Bertz CT molecular complexity index is 884. The maximum atomic E-state index is 12.6. The van der Waals surface area contributed by atoms with Crippen LogP contribution in [0.3, 0.4) is 0 Å². The number of benzene rings is 2. The molecule has 30 heavy (non-hydrogen) atoms. The van der Waals surface area contributed by atoms with Crippen molar-refractivity contribution in [1.29, 1.82) is 0 Å². The standard InChI is InChI=1S/C23H29BrN2O4/c1-5-9-30-22-19(24)12-17(13-20(22)29-4)23(28)25-14-16-7-6-8-18(11-16)26-21(27)10-15(2)3/h6-8,11-13,15H,5,9-10,14H2,1-4H3,(H,25,28)(H,26,27). The van der Waals surface area contributed by atoms with Crippen LogP contribution in [0.1, 0.15) is 49.5 Å². The van der Waals surface area contributed by atoms with Crippen LogP contribution in [0.4, 0.5) is 5.69 Å². The molecule has 2 rings (SSSR count). The third kappa shape index (κ3) is 7.06. The predicted octanol–water partition coefficient (Wildman–Crippen LogP) is 5.16. The molecule has 0 aliphatic carbocycles. The summed E-state index contributed by atoms with van der Waals surface area (Å²) in [7, 11) is 1.54. The van der Waals surface area contributed by atoms with Gasteiger partial charge in [0.25, 0.3) is 5.91 Å². The topological polar surface area (TPSA) is 76.7 Å². The van der Waals surface area contributed by atoms with Gasteiger partial charge in [0.1, 0.15) is 0 Å². The van der Waals surface area contributed by atoms with E-state index in [9.17, 15) is 9.59 Å². The second kappa shape index (κ2) is 11.6. The second-order valence-corrected chi connectivity index (χ2v) is 8.22. The molecule has 0 heterocycles. The third-order valence-electron chi connectivity index (χ3n) is 4.20. The van der Waals surface area contributed by atoms with E-state index in [4.69, 9.17) is 9.47 Å². The molecule has 162 valence electrons. The van der Waals surface area contributed by atoms with E-state index >= 15 is 0 Å². The number of nitrogens with one attached hydrogen (secondary N) is 2.